The van der Waals surface area contributed by atoms with Gasteiger partial charge < -0.3 is 20.2 Å². The number of anilines is 2. The lowest BCUT2D eigenvalue weighted by atomic mass is 10.1. The summed E-state index contributed by atoms with van der Waals surface area (Å²) < 4.78 is 5.19. The van der Waals surface area contributed by atoms with Gasteiger partial charge in [0.1, 0.15) is 12.3 Å². The summed E-state index contributed by atoms with van der Waals surface area (Å²) in [7, 11) is 4.84. The Labute approximate surface area is 112 Å². The van der Waals surface area contributed by atoms with E-state index in [4.69, 9.17) is 15.3 Å². The summed E-state index contributed by atoms with van der Waals surface area (Å²) >= 11 is 0. The highest BCUT2D eigenvalue weighted by atomic mass is 16.7. The number of hydrogen-bond donors (Lipinski definition) is 1. The first-order valence-electron chi connectivity index (χ1n) is 6.08. The maximum Gasteiger partial charge on any atom is 0.243 e. The number of rotatable bonds is 4. The number of likely N-dealkylation sites (N-methyl/N-ethyl adjacent to an activating group) is 1. The Kier molecular flexibility index (Phi) is 3.92. The van der Waals surface area contributed by atoms with Crippen molar-refractivity contribution >= 4 is 17.3 Å². The summed E-state index contributed by atoms with van der Waals surface area (Å²) in [4.78, 5) is 18.9. The first kappa shape index (κ1) is 13.6. The van der Waals surface area contributed by atoms with Crippen LogP contribution in [0.25, 0.3) is 0 Å². The predicted molar refractivity (Wildman–Crippen MR) is 73.1 cm³/mol. The van der Waals surface area contributed by atoms with Gasteiger partial charge in [-0.3, -0.25) is 4.79 Å². The third kappa shape index (κ3) is 2.64. The highest BCUT2D eigenvalue weighted by Crippen LogP contribution is 2.35. The van der Waals surface area contributed by atoms with Crippen LogP contribution in [0.5, 0.6) is 5.75 Å². The van der Waals surface area contributed by atoms with E-state index in [1.165, 1.54) is 12.2 Å². The van der Waals surface area contributed by atoms with Crippen LogP contribution in [0.3, 0.4) is 0 Å². The number of hydroxylamine groups is 2. The molecule has 1 heterocycles. The Morgan fingerprint density at radius 3 is 2.84 bits per heavy atom. The van der Waals surface area contributed by atoms with Gasteiger partial charge in [0, 0.05) is 19.3 Å². The van der Waals surface area contributed by atoms with E-state index in [2.05, 4.69) is 0 Å². The van der Waals surface area contributed by atoms with Crippen molar-refractivity contribution in [2.24, 2.45) is 0 Å². The van der Waals surface area contributed by atoms with Gasteiger partial charge in [-0.1, -0.05) is 0 Å². The van der Waals surface area contributed by atoms with Gasteiger partial charge in [0.25, 0.3) is 0 Å². The van der Waals surface area contributed by atoms with Crippen LogP contribution in [-0.2, 0) is 16.1 Å². The molecule has 0 radical (unpaired) electrons. The van der Waals surface area contributed by atoms with E-state index in [9.17, 15) is 4.79 Å². The minimum absolute atomic E-state index is 0.00679. The van der Waals surface area contributed by atoms with E-state index >= 15 is 0 Å². The molecule has 2 N–H and O–H groups in total. The molecular weight excluding hydrogens is 246 g/mol. The topological polar surface area (TPSA) is 68.0 Å². The molecule has 1 aromatic carbocycles. The molecule has 2 rings (SSSR count). The number of nitrogen functional groups attached to an aromatic ring is 1. The van der Waals surface area contributed by atoms with Gasteiger partial charge in [0.05, 0.1) is 19.9 Å². The lowest BCUT2D eigenvalue weighted by molar-refractivity contribution is -0.139. The Morgan fingerprint density at radius 2 is 2.21 bits per heavy atom. The number of hydrogen-bond acceptors (Lipinski definition) is 5. The summed E-state index contributed by atoms with van der Waals surface area (Å²) in [5.74, 6) is 0.648. The fourth-order valence-corrected chi connectivity index (χ4v) is 2.21. The van der Waals surface area contributed by atoms with Crippen LogP contribution < -0.4 is 15.4 Å². The molecule has 0 saturated heterocycles. The molecule has 19 heavy (non-hydrogen) atoms. The fourth-order valence-electron chi connectivity index (χ4n) is 2.21. The molecule has 0 atom stereocenters. The zero-order valence-corrected chi connectivity index (χ0v) is 11.5. The molecule has 0 fully saturated rings. The molecular formula is C13H19N3O3. The molecule has 6 heteroatoms. The van der Waals surface area contributed by atoms with Crippen LogP contribution in [0.15, 0.2) is 12.1 Å². The molecule has 0 bridgehead atoms. The van der Waals surface area contributed by atoms with E-state index in [1.807, 2.05) is 6.07 Å². The molecule has 1 amide bonds. The van der Waals surface area contributed by atoms with E-state index < -0.39 is 0 Å². The summed E-state index contributed by atoms with van der Waals surface area (Å²) in [6.45, 7) is 0.875. The Bertz CT molecular complexity index is 490. The van der Waals surface area contributed by atoms with Gasteiger partial charge in [0.15, 0.2) is 0 Å². The standard InChI is InChI=1S/C13H19N3O3/c1-15(19-3)8-13(17)16-5-4-9-6-12(18-2)10(14)7-11(9)16/h6-7H,4-5,8,14H2,1-3H3. The second-order valence-electron chi connectivity index (χ2n) is 4.49. The van der Waals surface area contributed by atoms with Crippen molar-refractivity contribution in [2.45, 2.75) is 6.42 Å². The van der Waals surface area contributed by atoms with Gasteiger partial charge in [-0.05, 0) is 24.1 Å². The van der Waals surface area contributed by atoms with Crippen molar-refractivity contribution in [3.63, 3.8) is 0 Å². The lowest BCUT2D eigenvalue weighted by Gasteiger charge is -2.21. The summed E-state index contributed by atoms with van der Waals surface area (Å²) in [5, 5.41) is 1.49. The third-order valence-corrected chi connectivity index (χ3v) is 3.30. The van der Waals surface area contributed by atoms with Gasteiger partial charge in [-0.15, -0.1) is 0 Å². The van der Waals surface area contributed by atoms with Crippen molar-refractivity contribution in [3.8, 4) is 5.75 Å². The number of amides is 1. The highest BCUT2D eigenvalue weighted by Gasteiger charge is 2.26. The zero-order chi connectivity index (χ0) is 14.0. The maximum absolute atomic E-state index is 12.2. The average Bonchev–Trinajstić information content (AvgIpc) is 2.80. The molecule has 104 valence electrons. The van der Waals surface area contributed by atoms with Crippen molar-refractivity contribution < 1.29 is 14.4 Å². The monoisotopic (exact) mass is 265 g/mol. The SMILES string of the molecule is COc1cc2c(cc1N)N(C(=O)CN(C)OC)CC2. The summed E-state index contributed by atoms with van der Waals surface area (Å²) in [6.07, 6.45) is 0.814. The van der Waals surface area contributed by atoms with E-state index in [1.54, 1.807) is 25.1 Å². The molecule has 1 aliphatic rings. The summed E-state index contributed by atoms with van der Waals surface area (Å²) in [5.41, 5.74) is 8.39. The number of methoxy groups -OCH3 is 1. The van der Waals surface area contributed by atoms with Crippen molar-refractivity contribution in [1.82, 2.24) is 5.06 Å². The van der Waals surface area contributed by atoms with Crippen molar-refractivity contribution in [3.05, 3.63) is 17.7 Å². The van der Waals surface area contributed by atoms with Crippen LogP contribution in [0.2, 0.25) is 0 Å². The van der Waals surface area contributed by atoms with E-state index in [-0.39, 0.29) is 12.5 Å². The van der Waals surface area contributed by atoms with Crippen LogP contribution in [0.4, 0.5) is 11.4 Å². The normalized spacial score (nSPS) is 13.8. The zero-order valence-electron chi connectivity index (χ0n) is 11.5. The molecule has 0 saturated carbocycles. The number of fused-ring (bicyclic) bond motifs is 1. The molecule has 0 aliphatic carbocycles. The molecule has 0 aromatic heterocycles. The van der Waals surface area contributed by atoms with Gasteiger partial charge in [-0.25, -0.2) is 0 Å². The Morgan fingerprint density at radius 1 is 1.47 bits per heavy atom. The third-order valence-electron chi connectivity index (χ3n) is 3.30. The number of ether oxygens (including phenoxy) is 1. The Balaban J connectivity index is 2.22. The minimum atomic E-state index is -0.00679. The number of benzene rings is 1. The quantitative estimate of drug-likeness (QED) is 0.640. The van der Waals surface area contributed by atoms with Crippen LogP contribution >= 0.6 is 0 Å². The van der Waals surface area contributed by atoms with Crippen LogP contribution in [0.1, 0.15) is 5.56 Å². The number of carbonyl (C=O) groups is 1. The van der Waals surface area contributed by atoms with Gasteiger partial charge in [-0.2, -0.15) is 5.06 Å². The van der Waals surface area contributed by atoms with Gasteiger partial charge in [0.2, 0.25) is 5.91 Å². The molecule has 1 aliphatic heterocycles. The second-order valence-corrected chi connectivity index (χ2v) is 4.49. The minimum Gasteiger partial charge on any atom is -0.495 e. The first-order chi connectivity index (χ1) is 9.06. The van der Waals surface area contributed by atoms with Crippen molar-refractivity contribution in [2.75, 3.05) is 45.0 Å². The number of carbonyl (C=O) groups excluding carboxylic acids is 1. The Hall–Kier alpha value is -1.79. The van der Waals surface area contributed by atoms with E-state index in [0.717, 1.165) is 17.7 Å². The predicted octanol–water partition coefficient (Wildman–Crippen LogP) is 0.660. The van der Waals surface area contributed by atoms with E-state index in [0.29, 0.717) is 18.0 Å². The largest absolute Gasteiger partial charge is 0.495 e. The van der Waals surface area contributed by atoms with Crippen LogP contribution in [-0.4, -0.2) is 45.3 Å². The van der Waals surface area contributed by atoms with Crippen LogP contribution in [0, 0.1) is 0 Å². The first-order valence-corrected chi connectivity index (χ1v) is 6.08. The molecule has 0 spiro atoms. The molecule has 0 unspecified atom stereocenters. The lowest BCUT2D eigenvalue weighted by Crippen LogP contribution is -2.37. The molecule has 1 aromatic rings. The molecule has 6 nitrogen and oxygen atoms in total. The smallest absolute Gasteiger partial charge is 0.243 e. The highest BCUT2D eigenvalue weighted by molar-refractivity contribution is 5.97. The average molecular weight is 265 g/mol. The van der Waals surface area contributed by atoms with Crippen molar-refractivity contribution in [1.29, 1.82) is 0 Å². The fraction of sp³-hybridized carbons (Fsp3) is 0.462. The summed E-state index contributed by atoms with van der Waals surface area (Å²) in [6, 6.07) is 3.70. The second kappa shape index (κ2) is 5.46. The maximum atomic E-state index is 12.2. The van der Waals surface area contributed by atoms with Gasteiger partial charge >= 0.3 is 0 Å². The number of nitrogens with two attached hydrogens (primary N) is 1. The number of nitrogens with zero attached hydrogens (tertiary/aromatic N) is 2.